The van der Waals surface area contributed by atoms with Gasteiger partial charge in [0.15, 0.2) is 0 Å². The Morgan fingerprint density at radius 2 is 2.00 bits per heavy atom. The van der Waals surface area contributed by atoms with Crippen molar-refractivity contribution in [2.45, 2.75) is 25.2 Å². The molecule has 1 atom stereocenters. The van der Waals surface area contributed by atoms with Gasteiger partial charge < -0.3 is 10.1 Å². The van der Waals surface area contributed by atoms with E-state index in [1.807, 2.05) is 12.1 Å². The molecule has 1 N–H and O–H groups in total. The van der Waals surface area contributed by atoms with Crippen LogP contribution in [0.5, 0.6) is 5.75 Å². The number of hydrogen-bond acceptors (Lipinski definition) is 3. The zero-order valence-corrected chi connectivity index (χ0v) is 11.8. The van der Waals surface area contributed by atoms with Gasteiger partial charge in [-0.2, -0.15) is 0 Å². The fourth-order valence-corrected chi connectivity index (χ4v) is 1.90. The molecule has 0 saturated heterocycles. The standard InChI is InChI=1S/C14H23NOS/c1-4-9-15-10-12(2)11-16-13-5-7-14(17-3)8-6-13/h5-8,12,15H,4,9-11H2,1-3H3. The zero-order valence-electron chi connectivity index (χ0n) is 11.0. The monoisotopic (exact) mass is 253 g/mol. The summed E-state index contributed by atoms with van der Waals surface area (Å²) in [7, 11) is 0. The lowest BCUT2D eigenvalue weighted by molar-refractivity contribution is 0.255. The summed E-state index contributed by atoms with van der Waals surface area (Å²) in [5, 5.41) is 3.41. The average Bonchev–Trinajstić information content (AvgIpc) is 2.37. The molecule has 1 rings (SSSR count). The largest absolute Gasteiger partial charge is 0.493 e. The third kappa shape index (κ3) is 5.99. The van der Waals surface area contributed by atoms with Gasteiger partial charge in [-0.15, -0.1) is 11.8 Å². The molecule has 1 unspecified atom stereocenters. The van der Waals surface area contributed by atoms with Crippen molar-refractivity contribution < 1.29 is 4.74 Å². The summed E-state index contributed by atoms with van der Waals surface area (Å²) < 4.78 is 5.75. The summed E-state index contributed by atoms with van der Waals surface area (Å²) in [6.07, 6.45) is 3.26. The highest BCUT2D eigenvalue weighted by Gasteiger charge is 2.02. The topological polar surface area (TPSA) is 21.3 Å². The van der Waals surface area contributed by atoms with Crippen LogP contribution in [0.2, 0.25) is 0 Å². The van der Waals surface area contributed by atoms with Crippen molar-refractivity contribution in [2.24, 2.45) is 5.92 Å². The van der Waals surface area contributed by atoms with Crippen LogP contribution in [0, 0.1) is 5.92 Å². The molecule has 0 aliphatic carbocycles. The van der Waals surface area contributed by atoms with Crippen molar-refractivity contribution in [1.82, 2.24) is 5.32 Å². The van der Waals surface area contributed by atoms with Crippen molar-refractivity contribution in [3.63, 3.8) is 0 Å². The minimum absolute atomic E-state index is 0.543. The minimum atomic E-state index is 0.543. The fourth-order valence-electron chi connectivity index (χ4n) is 1.49. The summed E-state index contributed by atoms with van der Waals surface area (Å²) >= 11 is 1.75. The Bertz CT molecular complexity index is 300. The predicted octanol–water partition coefficient (Wildman–Crippen LogP) is 3.42. The summed E-state index contributed by atoms with van der Waals surface area (Å²) in [4.78, 5) is 1.27. The van der Waals surface area contributed by atoms with Gasteiger partial charge in [0.2, 0.25) is 0 Å². The molecule has 0 aliphatic rings. The summed E-state index contributed by atoms with van der Waals surface area (Å²) in [6, 6.07) is 8.27. The van der Waals surface area contributed by atoms with E-state index in [4.69, 9.17) is 4.74 Å². The Labute approximate surface area is 109 Å². The van der Waals surface area contributed by atoms with Crippen LogP contribution in [0.25, 0.3) is 0 Å². The Balaban J connectivity index is 2.24. The second-order valence-corrected chi connectivity index (χ2v) is 5.18. The van der Waals surface area contributed by atoms with E-state index in [1.54, 1.807) is 11.8 Å². The van der Waals surface area contributed by atoms with Crippen LogP contribution in [0.15, 0.2) is 29.2 Å². The number of benzene rings is 1. The van der Waals surface area contributed by atoms with Gasteiger partial charge >= 0.3 is 0 Å². The molecule has 1 aromatic carbocycles. The second kappa shape index (κ2) is 8.43. The first kappa shape index (κ1) is 14.4. The molecule has 0 aromatic heterocycles. The van der Waals surface area contributed by atoms with Gasteiger partial charge in [-0.1, -0.05) is 13.8 Å². The van der Waals surface area contributed by atoms with Crippen LogP contribution in [-0.4, -0.2) is 26.0 Å². The van der Waals surface area contributed by atoms with Crippen molar-refractivity contribution in [2.75, 3.05) is 26.0 Å². The molecule has 3 heteroatoms. The summed E-state index contributed by atoms with van der Waals surface area (Å²) in [6.45, 7) is 7.28. The number of ether oxygens (including phenoxy) is 1. The average molecular weight is 253 g/mol. The first-order valence-electron chi connectivity index (χ1n) is 6.23. The van der Waals surface area contributed by atoms with E-state index in [9.17, 15) is 0 Å². The van der Waals surface area contributed by atoms with Gasteiger partial charge in [0.05, 0.1) is 6.61 Å². The maximum Gasteiger partial charge on any atom is 0.119 e. The van der Waals surface area contributed by atoms with E-state index in [2.05, 4.69) is 37.6 Å². The van der Waals surface area contributed by atoms with Crippen LogP contribution < -0.4 is 10.1 Å². The molecule has 1 aromatic rings. The van der Waals surface area contributed by atoms with E-state index in [1.165, 1.54) is 11.3 Å². The van der Waals surface area contributed by atoms with Gasteiger partial charge in [0, 0.05) is 17.4 Å². The van der Waals surface area contributed by atoms with Gasteiger partial charge in [0.25, 0.3) is 0 Å². The van der Waals surface area contributed by atoms with Crippen molar-refractivity contribution in [1.29, 1.82) is 0 Å². The SMILES string of the molecule is CCCNCC(C)COc1ccc(SC)cc1. The smallest absolute Gasteiger partial charge is 0.119 e. The Kier molecular flexibility index (Phi) is 7.13. The van der Waals surface area contributed by atoms with Gasteiger partial charge in [-0.05, 0) is 43.5 Å². The molecular formula is C14H23NOS. The molecule has 0 saturated carbocycles. The molecule has 0 aliphatic heterocycles. The summed E-state index contributed by atoms with van der Waals surface area (Å²) in [5.74, 6) is 1.51. The Hall–Kier alpha value is -0.670. The van der Waals surface area contributed by atoms with E-state index < -0.39 is 0 Å². The highest BCUT2D eigenvalue weighted by Crippen LogP contribution is 2.19. The molecule has 0 heterocycles. The molecule has 0 spiro atoms. The highest BCUT2D eigenvalue weighted by atomic mass is 32.2. The highest BCUT2D eigenvalue weighted by molar-refractivity contribution is 7.98. The molecule has 2 nitrogen and oxygen atoms in total. The number of rotatable bonds is 8. The lowest BCUT2D eigenvalue weighted by Gasteiger charge is -2.13. The molecular weight excluding hydrogens is 230 g/mol. The van der Waals surface area contributed by atoms with E-state index >= 15 is 0 Å². The van der Waals surface area contributed by atoms with E-state index in [0.717, 1.165) is 25.4 Å². The van der Waals surface area contributed by atoms with Crippen molar-refractivity contribution >= 4 is 11.8 Å². The van der Waals surface area contributed by atoms with Crippen LogP contribution in [-0.2, 0) is 0 Å². The predicted molar refractivity (Wildman–Crippen MR) is 76.0 cm³/mol. The van der Waals surface area contributed by atoms with Crippen LogP contribution in [0.4, 0.5) is 0 Å². The van der Waals surface area contributed by atoms with E-state index in [0.29, 0.717) is 5.92 Å². The molecule has 96 valence electrons. The fraction of sp³-hybridized carbons (Fsp3) is 0.571. The van der Waals surface area contributed by atoms with Gasteiger partial charge in [0.1, 0.15) is 5.75 Å². The normalized spacial score (nSPS) is 12.4. The van der Waals surface area contributed by atoms with Gasteiger partial charge in [-0.3, -0.25) is 0 Å². The Morgan fingerprint density at radius 1 is 1.29 bits per heavy atom. The first-order chi connectivity index (χ1) is 8.26. The number of thioether (sulfide) groups is 1. The molecule has 0 radical (unpaired) electrons. The van der Waals surface area contributed by atoms with Crippen LogP contribution in [0.3, 0.4) is 0 Å². The second-order valence-electron chi connectivity index (χ2n) is 4.30. The summed E-state index contributed by atoms with van der Waals surface area (Å²) in [5.41, 5.74) is 0. The number of nitrogens with one attached hydrogen (secondary N) is 1. The Morgan fingerprint density at radius 3 is 2.59 bits per heavy atom. The number of hydrogen-bond donors (Lipinski definition) is 1. The third-order valence-corrected chi connectivity index (χ3v) is 3.26. The lowest BCUT2D eigenvalue weighted by atomic mass is 10.2. The molecule has 0 amide bonds. The van der Waals surface area contributed by atoms with Crippen LogP contribution in [0.1, 0.15) is 20.3 Å². The molecule has 0 bridgehead atoms. The molecule has 17 heavy (non-hydrogen) atoms. The van der Waals surface area contributed by atoms with Crippen LogP contribution >= 0.6 is 11.8 Å². The van der Waals surface area contributed by atoms with Gasteiger partial charge in [-0.25, -0.2) is 0 Å². The van der Waals surface area contributed by atoms with Crippen molar-refractivity contribution in [3.8, 4) is 5.75 Å². The first-order valence-corrected chi connectivity index (χ1v) is 7.46. The molecule has 0 fully saturated rings. The minimum Gasteiger partial charge on any atom is -0.493 e. The zero-order chi connectivity index (χ0) is 12.5. The van der Waals surface area contributed by atoms with E-state index in [-0.39, 0.29) is 0 Å². The van der Waals surface area contributed by atoms with Crippen molar-refractivity contribution in [3.05, 3.63) is 24.3 Å². The maximum atomic E-state index is 5.75. The maximum absolute atomic E-state index is 5.75. The third-order valence-electron chi connectivity index (χ3n) is 2.51. The lowest BCUT2D eigenvalue weighted by Crippen LogP contribution is -2.25. The quantitative estimate of drug-likeness (QED) is 0.566.